The Hall–Kier alpha value is -1.56. The molecule has 2 bridgehead atoms. The Labute approximate surface area is 144 Å². The third-order valence-corrected chi connectivity index (χ3v) is 6.41. The maximum absolute atomic E-state index is 13.0. The number of amides is 1. The molecule has 2 saturated carbocycles. The van der Waals surface area contributed by atoms with Gasteiger partial charge in [0.1, 0.15) is 0 Å². The minimum Gasteiger partial charge on any atom is -0.365 e. The minimum absolute atomic E-state index is 0.213. The monoisotopic (exact) mass is 331 g/mol. The van der Waals surface area contributed by atoms with Gasteiger partial charge in [-0.1, -0.05) is 6.42 Å². The van der Waals surface area contributed by atoms with Gasteiger partial charge in [0.25, 0.3) is 0 Å². The van der Waals surface area contributed by atoms with Crippen molar-refractivity contribution in [2.24, 2.45) is 30.5 Å². The van der Waals surface area contributed by atoms with E-state index in [1.165, 1.54) is 19.3 Å². The van der Waals surface area contributed by atoms with E-state index in [0.29, 0.717) is 23.8 Å². The zero-order chi connectivity index (χ0) is 16.7. The van der Waals surface area contributed by atoms with Crippen molar-refractivity contribution in [1.82, 2.24) is 14.7 Å². The number of nitrogens with two attached hydrogens (primary N) is 1. The van der Waals surface area contributed by atoms with Crippen LogP contribution >= 0.6 is 0 Å². The predicted octanol–water partition coefficient (Wildman–Crippen LogP) is 1.22. The normalized spacial score (nSPS) is 33.6. The molecule has 6 nitrogen and oxygen atoms in total. The molecule has 1 aliphatic heterocycles. The standard InChI is InChI=1S/C18H29N5O/c1-21-12-16(11-20-21)22-5-7-23(8-6-22)18(24)15-9-13-3-2-4-14(10-15)17(13)19/h11-15,17H,2-10,19H2,1H3. The number of carbonyl (C=O) groups is 1. The van der Waals surface area contributed by atoms with Crippen LogP contribution in [0.5, 0.6) is 0 Å². The van der Waals surface area contributed by atoms with Gasteiger partial charge >= 0.3 is 0 Å². The Morgan fingerprint density at radius 3 is 2.42 bits per heavy atom. The van der Waals surface area contributed by atoms with Gasteiger partial charge in [-0.2, -0.15) is 5.10 Å². The maximum Gasteiger partial charge on any atom is 0.225 e. The summed E-state index contributed by atoms with van der Waals surface area (Å²) in [7, 11) is 1.94. The van der Waals surface area contributed by atoms with Crippen LogP contribution in [0.15, 0.2) is 12.4 Å². The van der Waals surface area contributed by atoms with Gasteiger partial charge in [0.05, 0.1) is 11.9 Å². The number of hydrogen-bond acceptors (Lipinski definition) is 4. The molecule has 0 radical (unpaired) electrons. The zero-order valence-corrected chi connectivity index (χ0v) is 14.6. The minimum atomic E-state index is 0.213. The van der Waals surface area contributed by atoms with Crippen LogP contribution in [0.1, 0.15) is 32.1 Å². The third-order valence-electron chi connectivity index (χ3n) is 6.41. The van der Waals surface area contributed by atoms with Crippen molar-refractivity contribution in [3.63, 3.8) is 0 Å². The van der Waals surface area contributed by atoms with Gasteiger partial charge < -0.3 is 15.5 Å². The van der Waals surface area contributed by atoms with Crippen LogP contribution in [0.3, 0.4) is 0 Å². The Balaban J connectivity index is 1.35. The van der Waals surface area contributed by atoms with Crippen molar-refractivity contribution in [2.45, 2.75) is 38.1 Å². The lowest BCUT2D eigenvalue weighted by atomic mass is 9.65. The molecule has 1 amide bonds. The van der Waals surface area contributed by atoms with Gasteiger partial charge in [0, 0.05) is 51.4 Å². The lowest BCUT2D eigenvalue weighted by molar-refractivity contribution is -0.138. The fourth-order valence-corrected chi connectivity index (χ4v) is 5.01. The molecule has 6 heteroatoms. The van der Waals surface area contributed by atoms with Gasteiger partial charge in [0.15, 0.2) is 0 Å². The highest BCUT2D eigenvalue weighted by molar-refractivity contribution is 5.79. The topological polar surface area (TPSA) is 67.4 Å². The number of nitrogens with zero attached hydrogens (tertiary/aromatic N) is 4. The summed E-state index contributed by atoms with van der Waals surface area (Å²) in [6, 6.07) is 0.338. The lowest BCUT2D eigenvalue weighted by Gasteiger charge is -2.45. The molecule has 1 saturated heterocycles. The molecule has 2 N–H and O–H groups in total. The summed E-state index contributed by atoms with van der Waals surface area (Å²) in [5.74, 6) is 1.74. The zero-order valence-electron chi connectivity index (χ0n) is 14.6. The van der Waals surface area contributed by atoms with Crippen molar-refractivity contribution in [3.8, 4) is 0 Å². The second kappa shape index (κ2) is 6.39. The summed E-state index contributed by atoms with van der Waals surface area (Å²) in [5, 5.41) is 4.24. The smallest absolute Gasteiger partial charge is 0.225 e. The predicted molar refractivity (Wildman–Crippen MR) is 93.5 cm³/mol. The molecule has 4 rings (SSSR count). The van der Waals surface area contributed by atoms with E-state index in [-0.39, 0.29) is 5.92 Å². The number of aromatic nitrogens is 2. The quantitative estimate of drug-likeness (QED) is 0.885. The first-order chi connectivity index (χ1) is 11.6. The van der Waals surface area contributed by atoms with Gasteiger partial charge in [-0.25, -0.2) is 0 Å². The van der Waals surface area contributed by atoms with Crippen LogP contribution in [-0.4, -0.2) is 52.8 Å². The van der Waals surface area contributed by atoms with Crippen molar-refractivity contribution < 1.29 is 4.79 Å². The second-order valence-corrected chi connectivity index (χ2v) is 7.88. The summed E-state index contributed by atoms with van der Waals surface area (Å²) in [5.41, 5.74) is 7.53. The largest absolute Gasteiger partial charge is 0.365 e. The molecule has 2 aliphatic carbocycles. The second-order valence-electron chi connectivity index (χ2n) is 7.88. The first kappa shape index (κ1) is 15.9. The highest BCUT2D eigenvalue weighted by Crippen LogP contribution is 2.42. The highest BCUT2D eigenvalue weighted by Gasteiger charge is 2.41. The first-order valence-corrected chi connectivity index (χ1v) is 9.40. The third kappa shape index (κ3) is 2.92. The average molecular weight is 331 g/mol. The number of aryl methyl sites for hydroxylation is 1. The van der Waals surface area contributed by atoms with E-state index in [9.17, 15) is 4.79 Å². The van der Waals surface area contributed by atoms with E-state index in [1.54, 1.807) is 0 Å². The SMILES string of the molecule is Cn1cc(N2CCN(C(=O)C3CC4CCCC(C3)C4N)CC2)cn1. The molecule has 24 heavy (non-hydrogen) atoms. The van der Waals surface area contributed by atoms with Gasteiger partial charge in [-0.3, -0.25) is 9.48 Å². The molecule has 1 aromatic heterocycles. The number of rotatable bonds is 2. The molecule has 0 aromatic carbocycles. The van der Waals surface area contributed by atoms with E-state index in [2.05, 4.69) is 14.9 Å². The Morgan fingerprint density at radius 1 is 1.17 bits per heavy atom. The summed E-state index contributed by atoms with van der Waals surface area (Å²) in [6.45, 7) is 3.45. The molecule has 132 valence electrons. The Bertz CT molecular complexity index is 578. The molecule has 3 aliphatic rings. The van der Waals surface area contributed by atoms with Gasteiger partial charge in [-0.15, -0.1) is 0 Å². The molecular formula is C18H29N5O. The molecule has 2 heterocycles. The Kier molecular flexibility index (Phi) is 4.24. The van der Waals surface area contributed by atoms with Crippen LogP contribution in [0.25, 0.3) is 0 Å². The maximum atomic E-state index is 13.0. The van der Waals surface area contributed by atoms with Crippen LogP contribution in [-0.2, 0) is 11.8 Å². The molecule has 3 fully saturated rings. The number of hydrogen-bond donors (Lipinski definition) is 1. The summed E-state index contributed by atoms with van der Waals surface area (Å²) in [4.78, 5) is 17.4. The van der Waals surface area contributed by atoms with Crippen LogP contribution in [0.2, 0.25) is 0 Å². The summed E-state index contributed by atoms with van der Waals surface area (Å²) >= 11 is 0. The lowest BCUT2D eigenvalue weighted by Crippen LogP contribution is -2.53. The van der Waals surface area contributed by atoms with Crippen LogP contribution in [0, 0.1) is 17.8 Å². The van der Waals surface area contributed by atoms with E-state index in [0.717, 1.165) is 44.7 Å². The summed E-state index contributed by atoms with van der Waals surface area (Å²) < 4.78 is 1.83. The molecule has 0 spiro atoms. The van der Waals surface area contributed by atoms with Crippen LogP contribution in [0.4, 0.5) is 5.69 Å². The molecular weight excluding hydrogens is 302 g/mol. The van der Waals surface area contributed by atoms with E-state index < -0.39 is 0 Å². The fraction of sp³-hybridized carbons (Fsp3) is 0.778. The van der Waals surface area contributed by atoms with Crippen molar-refractivity contribution in [2.75, 3.05) is 31.1 Å². The number of carbonyl (C=O) groups excluding carboxylic acids is 1. The summed E-state index contributed by atoms with van der Waals surface area (Å²) in [6.07, 6.45) is 9.71. The van der Waals surface area contributed by atoms with E-state index in [1.807, 2.05) is 24.1 Å². The number of fused-ring (bicyclic) bond motifs is 2. The van der Waals surface area contributed by atoms with Crippen molar-refractivity contribution in [1.29, 1.82) is 0 Å². The number of piperazine rings is 1. The molecule has 2 unspecified atom stereocenters. The van der Waals surface area contributed by atoms with Gasteiger partial charge in [0.2, 0.25) is 5.91 Å². The highest BCUT2D eigenvalue weighted by atomic mass is 16.2. The Morgan fingerprint density at radius 2 is 1.83 bits per heavy atom. The molecule has 2 atom stereocenters. The van der Waals surface area contributed by atoms with Crippen molar-refractivity contribution in [3.05, 3.63) is 12.4 Å². The van der Waals surface area contributed by atoms with E-state index >= 15 is 0 Å². The van der Waals surface area contributed by atoms with Crippen molar-refractivity contribution >= 4 is 11.6 Å². The van der Waals surface area contributed by atoms with Gasteiger partial charge in [-0.05, 0) is 37.5 Å². The molecule has 1 aromatic rings. The average Bonchev–Trinajstić information content (AvgIpc) is 3.01. The number of anilines is 1. The first-order valence-electron chi connectivity index (χ1n) is 9.40. The van der Waals surface area contributed by atoms with E-state index in [4.69, 9.17) is 5.73 Å². The van der Waals surface area contributed by atoms with Crippen LogP contribution < -0.4 is 10.6 Å². The fourth-order valence-electron chi connectivity index (χ4n) is 5.01.